The van der Waals surface area contributed by atoms with Gasteiger partial charge in [-0.1, -0.05) is 0 Å². The van der Waals surface area contributed by atoms with Gasteiger partial charge in [0.2, 0.25) is 0 Å². The van der Waals surface area contributed by atoms with Crippen LogP contribution in [0.3, 0.4) is 0 Å². The van der Waals surface area contributed by atoms with Crippen LogP contribution in [-0.2, 0) is 28.5 Å². The average Bonchev–Trinajstić information content (AvgIpc) is 2.91. The van der Waals surface area contributed by atoms with Crippen LogP contribution in [0, 0.1) is 0 Å². The van der Waals surface area contributed by atoms with Gasteiger partial charge >= 0.3 is 11.9 Å². The molecule has 6 nitrogen and oxygen atoms in total. The van der Waals surface area contributed by atoms with Gasteiger partial charge in [0, 0.05) is 38.9 Å². The molecule has 0 aromatic heterocycles. The van der Waals surface area contributed by atoms with Gasteiger partial charge in [0.1, 0.15) is 12.2 Å². The molecular formula is C16H26O6. The maximum absolute atomic E-state index is 11.1. The third-order valence-corrected chi connectivity index (χ3v) is 3.92. The smallest absolute Gasteiger partial charge is 0.306 e. The molecular weight excluding hydrogens is 288 g/mol. The maximum Gasteiger partial charge on any atom is 0.306 e. The van der Waals surface area contributed by atoms with Gasteiger partial charge in [-0.25, -0.2) is 0 Å². The quantitative estimate of drug-likeness (QED) is 0.454. The normalized spacial score (nSPS) is 25.1. The number of rotatable bonds is 10. The molecule has 0 aliphatic carbocycles. The molecule has 2 atom stereocenters. The van der Waals surface area contributed by atoms with Crippen molar-refractivity contribution in [2.24, 2.45) is 0 Å². The minimum atomic E-state index is -0.0953. The molecule has 2 fully saturated rings. The van der Waals surface area contributed by atoms with Crippen LogP contribution in [0.15, 0.2) is 0 Å². The van der Waals surface area contributed by atoms with Crippen molar-refractivity contribution in [3.05, 3.63) is 0 Å². The van der Waals surface area contributed by atoms with Crippen LogP contribution in [0.4, 0.5) is 0 Å². The summed E-state index contributed by atoms with van der Waals surface area (Å²) in [5.41, 5.74) is 0. The summed E-state index contributed by atoms with van der Waals surface area (Å²) in [7, 11) is 0. The fourth-order valence-corrected chi connectivity index (χ4v) is 2.66. The van der Waals surface area contributed by atoms with Crippen molar-refractivity contribution in [3.8, 4) is 0 Å². The van der Waals surface area contributed by atoms with Crippen LogP contribution in [0.5, 0.6) is 0 Å². The SMILES string of the molecule is O=C1CCCC(CCOCCCOCCC2CCC(=O)O2)O1. The molecule has 0 radical (unpaired) electrons. The number of hydrogen-bond donors (Lipinski definition) is 0. The minimum absolute atomic E-state index is 0.0339. The predicted molar refractivity (Wildman–Crippen MR) is 78.3 cm³/mol. The topological polar surface area (TPSA) is 71.1 Å². The summed E-state index contributed by atoms with van der Waals surface area (Å²) in [6, 6.07) is 0. The Morgan fingerprint density at radius 2 is 1.41 bits per heavy atom. The average molecular weight is 314 g/mol. The van der Waals surface area contributed by atoms with Crippen LogP contribution in [-0.4, -0.2) is 50.6 Å². The van der Waals surface area contributed by atoms with Crippen molar-refractivity contribution < 1.29 is 28.5 Å². The molecule has 0 bridgehead atoms. The molecule has 2 heterocycles. The van der Waals surface area contributed by atoms with E-state index in [-0.39, 0.29) is 24.1 Å². The first-order chi connectivity index (χ1) is 10.7. The fourth-order valence-electron chi connectivity index (χ4n) is 2.66. The zero-order valence-corrected chi connectivity index (χ0v) is 13.1. The summed E-state index contributed by atoms with van der Waals surface area (Å²) in [6.07, 6.45) is 6.25. The van der Waals surface area contributed by atoms with E-state index in [9.17, 15) is 9.59 Å². The summed E-state index contributed by atoms with van der Waals surface area (Å²) < 4.78 is 21.4. The molecule has 2 unspecified atom stereocenters. The molecule has 0 N–H and O–H groups in total. The van der Waals surface area contributed by atoms with Crippen LogP contribution in [0.25, 0.3) is 0 Å². The number of hydrogen-bond acceptors (Lipinski definition) is 6. The van der Waals surface area contributed by atoms with Crippen molar-refractivity contribution in [1.82, 2.24) is 0 Å². The molecule has 0 spiro atoms. The summed E-state index contributed by atoms with van der Waals surface area (Å²) in [6.45, 7) is 2.55. The van der Waals surface area contributed by atoms with E-state index in [1.165, 1.54) is 0 Å². The van der Waals surface area contributed by atoms with E-state index in [4.69, 9.17) is 18.9 Å². The minimum Gasteiger partial charge on any atom is -0.462 e. The highest BCUT2D eigenvalue weighted by atomic mass is 16.6. The van der Waals surface area contributed by atoms with E-state index in [0.29, 0.717) is 39.3 Å². The Morgan fingerprint density at radius 3 is 2.00 bits per heavy atom. The van der Waals surface area contributed by atoms with Crippen molar-refractivity contribution in [2.45, 2.75) is 63.6 Å². The molecule has 6 heteroatoms. The lowest BCUT2D eigenvalue weighted by atomic mass is 10.1. The molecule has 22 heavy (non-hydrogen) atoms. The Balaban J connectivity index is 1.34. The Kier molecular flexibility index (Phi) is 7.66. The van der Waals surface area contributed by atoms with E-state index < -0.39 is 0 Å². The maximum atomic E-state index is 11.1. The molecule has 126 valence electrons. The second-order valence-electron chi connectivity index (χ2n) is 5.81. The molecule has 2 aliphatic rings. The van der Waals surface area contributed by atoms with Crippen LogP contribution in [0.1, 0.15) is 51.4 Å². The van der Waals surface area contributed by atoms with Crippen molar-refractivity contribution in [3.63, 3.8) is 0 Å². The first-order valence-corrected chi connectivity index (χ1v) is 8.28. The lowest BCUT2D eigenvalue weighted by molar-refractivity contribution is -0.154. The number of ether oxygens (including phenoxy) is 4. The van der Waals surface area contributed by atoms with E-state index in [1.807, 2.05) is 0 Å². The van der Waals surface area contributed by atoms with Gasteiger partial charge in [0.05, 0.1) is 13.2 Å². The van der Waals surface area contributed by atoms with Gasteiger partial charge in [-0.2, -0.15) is 0 Å². The van der Waals surface area contributed by atoms with Crippen molar-refractivity contribution in [2.75, 3.05) is 26.4 Å². The summed E-state index contributed by atoms with van der Waals surface area (Å²) in [5.74, 6) is -0.181. The Bertz CT molecular complexity index is 357. The Hall–Kier alpha value is -1.14. The van der Waals surface area contributed by atoms with Crippen LogP contribution in [0.2, 0.25) is 0 Å². The monoisotopic (exact) mass is 314 g/mol. The fraction of sp³-hybridized carbons (Fsp3) is 0.875. The first-order valence-electron chi connectivity index (χ1n) is 8.28. The van der Waals surface area contributed by atoms with Gasteiger partial charge < -0.3 is 18.9 Å². The Labute approximate surface area is 131 Å². The van der Waals surface area contributed by atoms with E-state index in [1.54, 1.807) is 0 Å². The number of esters is 2. The molecule has 2 aliphatic heterocycles. The molecule has 0 aromatic rings. The third-order valence-electron chi connectivity index (χ3n) is 3.92. The number of cyclic esters (lactones) is 2. The molecule has 2 saturated heterocycles. The van der Waals surface area contributed by atoms with Gasteiger partial charge in [-0.05, 0) is 25.7 Å². The number of carbonyl (C=O) groups is 2. The molecule has 0 amide bonds. The summed E-state index contributed by atoms with van der Waals surface area (Å²) in [4.78, 5) is 22.0. The van der Waals surface area contributed by atoms with Crippen molar-refractivity contribution >= 4 is 11.9 Å². The lowest BCUT2D eigenvalue weighted by Crippen LogP contribution is -2.24. The molecule has 0 aromatic carbocycles. The van der Waals surface area contributed by atoms with E-state index in [2.05, 4.69) is 0 Å². The lowest BCUT2D eigenvalue weighted by Gasteiger charge is -2.21. The predicted octanol–water partition coefficient (Wildman–Crippen LogP) is 1.99. The molecule has 2 rings (SSSR count). The summed E-state index contributed by atoms with van der Waals surface area (Å²) in [5, 5.41) is 0. The third kappa shape index (κ3) is 6.75. The highest BCUT2D eigenvalue weighted by molar-refractivity contribution is 5.71. The Morgan fingerprint density at radius 1 is 0.818 bits per heavy atom. The molecule has 0 saturated carbocycles. The zero-order valence-electron chi connectivity index (χ0n) is 13.1. The summed E-state index contributed by atoms with van der Waals surface area (Å²) >= 11 is 0. The zero-order chi connectivity index (χ0) is 15.6. The number of carbonyl (C=O) groups excluding carboxylic acids is 2. The van der Waals surface area contributed by atoms with Gasteiger partial charge in [0.15, 0.2) is 0 Å². The first kappa shape index (κ1) is 17.2. The standard InChI is InChI=1S/C16H26O6/c17-15-4-1-3-13(21-15)7-11-19-9-2-10-20-12-8-14-5-6-16(18)22-14/h13-14H,1-12H2. The van der Waals surface area contributed by atoms with E-state index >= 15 is 0 Å². The highest BCUT2D eigenvalue weighted by Crippen LogP contribution is 2.17. The van der Waals surface area contributed by atoms with Gasteiger partial charge in [-0.15, -0.1) is 0 Å². The van der Waals surface area contributed by atoms with Crippen LogP contribution >= 0.6 is 0 Å². The highest BCUT2D eigenvalue weighted by Gasteiger charge is 2.22. The van der Waals surface area contributed by atoms with Gasteiger partial charge in [-0.3, -0.25) is 9.59 Å². The largest absolute Gasteiger partial charge is 0.462 e. The second kappa shape index (κ2) is 9.79. The van der Waals surface area contributed by atoms with Crippen LogP contribution < -0.4 is 0 Å². The van der Waals surface area contributed by atoms with Crippen molar-refractivity contribution in [1.29, 1.82) is 0 Å². The van der Waals surface area contributed by atoms with Gasteiger partial charge in [0.25, 0.3) is 0 Å². The van der Waals surface area contributed by atoms with E-state index in [0.717, 1.165) is 38.5 Å². The second-order valence-corrected chi connectivity index (χ2v) is 5.81.